The molecular weight excluding hydrogens is 403 g/mol. The Hall–Kier alpha value is -3.56. The summed E-state index contributed by atoms with van der Waals surface area (Å²) in [6.45, 7) is 2.70. The van der Waals surface area contributed by atoms with Crippen molar-refractivity contribution in [2.24, 2.45) is 5.73 Å². The second-order valence-electron chi connectivity index (χ2n) is 7.36. The van der Waals surface area contributed by atoms with Crippen molar-refractivity contribution in [1.82, 2.24) is 14.9 Å². The Kier molecular flexibility index (Phi) is 7.11. The molecule has 0 aliphatic carbocycles. The molecule has 1 fully saturated rings. The predicted molar refractivity (Wildman–Crippen MR) is 113 cm³/mol. The maximum atomic E-state index is 14.9. The van der Waals surface area contributed by atoms with Gasteiger partial charge in [0.15, 0.2) is 0 Å². The van der Waals surface area contributed by atoms with Crippen LogP contribution >= 0.6 is 0 Å². The van der Waals surface area contributed by atoms with Crippen LogP contribution in [0.15, 0.2) is 30.6 Å². The summed E-state index contributed by atoms with van der Waals surface area (Å²) in [5.74, 6) is -1.00. The highest BCUT2D eigenvalue weighted by atomic mass is 19.1. The number of aromatic nitrogens is 2. The molecule has 0 spiro atoms. The van der Waals surface area contributed by atoms with Gasteiger partial charge in [0.25, 0.3) is 0 Å². The van der Waals surface area contributed by atoms with Crippen LogP contribution < -0.4 is 11.1 Å². The number of likely N-dealkylation sites (tertiary alicyclic amines) is 1. The molecule has 1 aliphatic rings. The van der Waals surface area contributed by atoms with Gasteiger partial charge in [-0.1, -0.05) is 18.2 Å². The first-order valence-corrected chi connectivity index (χ1v) is 9.94. The molecule has 164 valence electrons. The van der Waals surface area contributed by atoms with Gasteiger partial charge in [-0.05, 0) is 12.8 Å². The Balaban J connectivity index is 1.62. The van der Waals surface area contributed by atoms with Crippen LogP contribution in [0.25, 0.3) is 11.1 Å². The second-order valence-corrected chi connectivity index (χ2v) is 7.36. The number of esters is 1. The molecule has 10 heteroatoms. The largest absolute Gasteiger partial charge is 0.460 e. The number of piperidine rings is 1. The molecule has 1 amide bonds. The first-order chi connectivity index (χ1) is 14.8. The van der Waals surface area contributed by atoms with Crippen LogP contribution in [0.4, 0.5) is 10.3 Å². The molecule has 0 bridgehead atoms. The number of nitrogens with two attached hydrogens (primary N) is 1. The van der Waals surface area contributed by atoms with Crippen LogP contribution in [-0.2, 0) is 20.9 Å². The monoisotopic (exact) mass is 428 g/mol. The smallest absolute Gasteiger partial charge is 0.313 e. The van der Waals surface area contributed by atoms with Gasteiger partial charge >= 0.3 is 5.97 Å². The predicted octanol–water partition coefficient (Wildman–Crippen LogP) is 2.07. The minimum atomic E-state index is -0.690. The molecule has 0 atom stereocenters. The summed E-state index contributed by atoms with van der Waals surface area (Å²) in [6.07, 6.45) is 4.35. The number of rotatable bonds is 7. The van der Waals surface area contributed by atoms with Gasteiger partial charge in [-0.2, -0.15) is 0 Å². The summed E-state index contributed by atoms with van der Waals surface area (Å²) in [5.41, 5.74) is 6.14. The fourth-order valence-electron chi connectivity index (χ4n) is 3.34. The zero-order valence-corrected chi connectivity index (χ0v) is 17.2. The number of halogens is 1. The Morgan fingerprint density at radius 3 is 2.58 bits per heavy atom. The van der Waals surface area contributed by atoms with E-state index in [1.54, 1.807) is 19.1 Å². The van der Waals surface area contributed by atoms with Crippen LogP contribution in [0.1, 0.15) is 31.7 Å². The standard InChI is InChI=1S/C21H25FN6O3/c1-13(29)28-7-5-16(6-8-28)27-21-25-10-15(11-26-21)17-4-2-3-14(20(17)22)12-31-19(30)9-18(23)24/h2-4,10-11,16H,5-9,12H2,1H3,(H3,23,24)(H,25,26,27). The summed E-state index contributed by atoms with van der Waals surface area (Å²) >= 11 is 0. The number of anilines is 1. The van der Waals surface area contributed by atoms with E-state index < -0.39 is 11.8 Å². The van der Waals surface area contributed by atoms with Crippen LogP contribution in [0, 0.1) is 11.2 Å². The van der Waals surface area contributed by atoms with E-state index in [1.807, 2.05) is 4.90 Å². The molecule has 31 heavy (non-hydrogen) atoms. The third kappa shape index (κ3) is 5.97. The Morgan fingerprint density at radius 1 is 1.29 bits per heavy atom. The molecule has 2 aromatic rings. The van der Waals surface area contributed by atoms with E-state index in [9.17, 15) is 14.0 Å². The van der Waals surface area contributed by atoms with Gasteiger partial charge in [0.1, 0.15) is 24.7 Å². The third-order valence-corrected chi connectivity index (χ3v) is 5.04. The van der Waals surface area contributed by atoms with Gasteiger partial charge in [0.2, 0.25) is 11.9 Å². The topological polar surface area (TPSA) is 134 Å². The molecule has 1 aromatic heterocycles. The number of amides is 1. The van der Waals surface area contributed by atoms with Gasteiger partial charge in [-0.3, -0.25) is 15.0 Å². The quantitative estimate of drug-likeness (QED) is 0.349. The third-order valence-electron chi connectivity index (χ3n) is 5.04. The van der Waals surface area contributed by atoms with Crippen molar-refractivity contribution in [3.05, 3.63) is 42.0 Å². The average molecular weight is 428 g/mol. The van der Waals surface area contributed by atoms with Gasteiger partial charge in [0.05, 0.1) is 0 Å². The van der Waals surface area contributed by atoms with Gasteiger partial charge in [0, 0.05) is 55.1 Å². The molecular formula is C21H25FN6O3. The van der Waals surface area contributed by atoms with Crippen molar-refractivity contribution in [2.45, 2.75) is 38.8 Å². The number of carbonyl (C=O) groups is 2. The molecule has 0 radical (unpaired) electrons. The molecule has 4 N–H and O–H groups in total. The van der Waals surface area contributed by atoms with Crippen molar-refractivity contribution < 1.29 is 18.7 Å². The molecule has 2 heterocycles. The van der Waals surface area contributed by atoms with Crippen molar-refractivity contribution in [1.29, 1.82) is 5.41 Å². The van der Waals surface area contributed by atoms with Crippen LogP contribution in [-0.4, -0.2) is 51.7 Å². The van der Waals surface area contributed by atoms with Crippen LogP contribution in [0.2, 0.25) is 0 Å². The number of hydrogen-bond donors (Lipinski definition) is 3. The normalized spacial score (nSPS) is 14.2. The fourth-order valence-corrected chi connectivity index (χ4v) is 3.34. The lowest BCUT2D eigenvalue weighted by molar-refractivity contribution is -0.143. The van der Waals surface area contributed by atoms with Crippen molar-refractivity contribution in [3.63, 3.8) is 0 Å². The SMILES string of the molecule is CC(=O)N1CCC(Nc2ncc(-c3cccc(COC(=O)CC(=N)N)c3F)cn2)CC1. The maximum absolute atomic E-state index is 14.9. The summed E-state index contributed by atoms with van der Waals surface area (Å²) in [5, 5.41) is 10.3. The highest BCUT2D eigenvalue weighted by molar-refractivity contribution is 5.94. The lowest BCUT2D eigenvalue weighted by atomic mass is 10.0. The molecule has 1 aliphatic heterocycles. The van der Waals surface area contributed by atoms with E-state index in [0.717, 1.165) is 12.8 Å². The first kappa shape index (κ1) is 22.1. The summed E-state index contributed by atoms with van der Waals surface area (Å²) in [4.78, 5) is 33.3. The Morgan fingerprint density at radius 2 is 1.97 bits per heavy atom. The number of carbonyl (C=O) groups excluding carboxylic acids is 2. The minimum absolute atomic E-state index is 0.0805. The zero-order valence-electron chi connectivity index (χ0n) is 17.2. The average Bonchev–Trinajstić information content (AvgIpc) is 2.73. The van der Waals surface area contributed by atoms with Crippen LogP contribution in [0.3, 0.4) is 0 Å². The minimum Gasteiger partial charge on any atom is -0.460 e. The number of ether oxygens (including phenoxy) is 1. The van der Waals surface area contributed by atoms with Crippen molar-refractivity contribution in [3.8, 4) is 11.1 Å². The lowest BCUT2D eigenvalue weighted by Crippen LogP contribution is -2.41. The number of benzene rings is 1. The van der Waals surface area contributed by atoms with E-state index in [4.69, 9.17) is 15.9 Å². The molecule has 1 saturated heterocycles. The number of nitrogens with one attached hydrogen (secondary N) is 2. The van der Waals surface area contributed by atoms with Gasteiger partial charge in [-0.15, -0.1) is 0 Å². The number of hydrogen-bond acceptors (Lipinski definition) is 7. The number of nitrogens with zero attached hydrogens (tertiary/aromatic N) is 3. The van der Waals surface area contributed by atoms with E-state index >= 15 is 0 Å². The Bertz CT molecular complexity index is 958. The van der Waals surface area contributed by atoms with Crippen molar-refractivity contribution >= 4 is 23.7 Å². The number of amidine groups is 1. The van der Waals surface area contributed by atoms with E-state index in [1.165, 1.54) is 18.5 Å². The fraction of sp³-hybridized carbons (Fsp3) is 0.381. The van der Waals surface area contributed by atoms with Crippen LogP contribution in [0.5, 0.6) is 0 Å². The highest BCUT2D eigenvalue weighted by Crippen LogP contribution is 2.25. The molecule has 0 unspecified atom stereocenters. The van der Waals surface area contributed by atoms with E-state index in [2.05, 4.69) is 15.3 Å². The maximum Gasteiger partial charge on any atom is 0.313 e. The van der Waals surface area contributed by atoms with Crippen molar-refractivity contribution in [2.75, 3.05) is 18.4 Å². The summed E-state index contributed by atoms with van der Waals surface area (Å²) in [7, 11) is 0. The highest BCUT2D eigenvalue weighted by Gasteiger charge is 2.21. The molecule has 3 rings (SSSR count). The molecule has 0 saturated carbocycles. The molecule has 1 aromatic carbocycles. The summed E-state index contributed by atoms with van der Waals surface area (Å²) < 4.78 is 19.9. The summed E-state index contributed by atoms with van der Waals surface area (Å²) in [6, 6.07) is 4.94. The van der Waals surface area contributed by atoms with Gasteiger partial charge < -0.3 is 20.7 Å². The first-order valence-electron chi connectivity index (χ1n) is 9.94. The Labute approximate surface area is 179 Å². The lowest BCUT2D eigenvalue weighted by Gasteiger charge is -2.31. The van der Waals surface area contributed by atoms with E-state index in [0.29, 0.717) is 30.2 Å². The second kappa shape index (κ2) is 9.96. The van der Waals surface area contributed by atoms with E-state index in [-0.39, 0.29) is 36.4 Å². The van der Waals surface area contributed by atoms with Gasteiger partial charge in [-0.25, -0.2) is 14.4 Å². The zero-order chi connectivity index (χ0) is 22.4. The molecule has 9 nitrogen and oxygen atoms in total.